The van der Waals surface area contributed by atoms with E-state index in [1.165, 1.54) is 11.8 Å². The number of nitrogens with one attached hydrogen (secondary N) is 2. The summed E-state index contributed by atoms with van der Waals surface area (Å²) in [5.74, 6) is 2.14. The first-order valence-corrected chi connectivity index (χ1v) is 11.0. The molecule has 7 nitrogen and oxygen atoms in total. The highest BCUT2D eigenvalue weighted by atomic mass is 32.2. The van der Waals surface area contributed by atoms with E-state index in [9.17, 15) is 4.79 Å². The Hall–Kier alpha value is -3.13. The third-order valence-electron chi connectivity index (χ3n) is 4.57. The van der Waals surface area contributed by atoms with Crippen molar-refractivity contribution < 1.29 is 4.79 Å². The first-order valence-electron chi connectivity index (χ1n) is 9.84. The number of nitrogens with two attached hydrogens (primary N) is 1. The van der Waals surface area contributed by atoms with Crippen LogP contribution in [0.4, 0.5) is 23.3 Å². The van der Waals surface area contributed by atoms with E-state index in [2.05, 4.69) is 45.5 Å². The lowest BCUT2D eigenvalue weighted by molar-refractivity contribution is -0.113. The van der Waals surface area contributed by atoms with Crippen molar-refractivity contribution in [2.75, 3.05) is 22.1 Å². The number of carbonyl (C=O) groups excluding carboxylic acids is 1. The van der Waals surface area contributed by atoms with Crippen LogP contribution in [0.15, 0.2) is 54.6 Å². The van der Waals surface area contributed by atoms with Gasteiger partial charge in [-0.25, -0.2) is 0 Å². The molecule has 1 atom stereocenters. The van der Waals surface area contributed by atoms with Gasteiger partial charge < -0.3 is 16.4 Å². The van der Waals surface area contributed by atoms with Crippen molar-refractivity contribution in [2.45, 2.75) is 31.9 Å². The van der Waals surface area contributed by atoms with Crippen LogP contribution in [0, 0.1) is 0 Å². The van der Waals surface area contributed by atoms with Crippen molar-refractivity contribution in [3.63, 3.8) is 0 Å². The Bertz CT molecular complexity index is 982. The number of hydrogen-bond acceptors (Lipinski definition) is 7. The average molecular weight is 423 g/mol. The molecule has 0 aliphatic heterocycles. The zero-order valence-electron chi connectivity index (χ0n) is 17.1. The molecule has 3 rings (SSSR count). The Kier molecular flexibility index (Phi) is 7.62. The highest BCUT2D eigenvalue weighted by Gasteiger charge is 2.12. The highest BCUT2D eigenvalue weighted by Crippen LogP contribution is 2.26. The number of thioether (sulfide) groups is 1. The van der Waals surface area contributed by atoms with Gasteiger partial charge in [0.25, 0.3) is 0 Å². The summed E-state index contributed by atoms with van der Waals surface area (Å²) in [6.07, 6.45) is 1.02. The molecule has 30 heavy (non-hydrogen) atoms. The van der Waals surface area contributed by atoms with Gasteiger partial charge in [-0.15, -0.1) is 11.8 Å². The van der Waals surface area contributed by atoms with E-state index in [0.717, 1.165) is 23.4 Å². The summed E-state index contributed by atoms with van der Waals surface area (Å²) in [5, 5.41) is 6.13. The van der Waals surface area contributed by atoms with Gasteiger partial charge in [-0.3, -0.25) is 4.79 Å². The van der Waals surface area contributed by atoms with Gasteiger partial charge in [-0.05, 0) is 36.1 Å². The Morgan fingerprint density at radius 2 is 1.80 bits per heavy atom. The molecule has 2 aromatic carbocycles. The maximum absolute atomic E-state index is 12.4. The molecule has 4 N–H and O–H groups in total. The number of amides is 1. The number of para-hydroxylation sites is 2. The minimum absolute atomic E-state index is 0.0552. The van der Waals surface area contributed by atoms with E-state index in [1.807, 2.05) is 48.5 Å². The second kappa shape index (κ2) is 10.6. The minimum atomic E-state index is -0.0552. The van der Waals surface area contributed by atoms with Crippen molar-refractivity contribution in [3.05, 3.63) is 66.0 Å². The predicted octanol–water partition coefficient (Wildman–Crippen LogP) is 4.58. The SMILES string of the molecule is CC[C@H](C)c1ccccc1NC(=O)CSCc1nc(N)nc(Nc2ccccc2)n1. The molecule has 0 fully saturated rings. The van der Waals surface area contributed by atoms with Gasteiger partial charge in [0.15, 0.2) is 0 Å². The fourth-order valence-electron chi connectivity index (χ4n) is 2.89. The molecule has 1 heterocycles. The molecular weight excluding hydrogens is 396 g/mol. The van der Waals surface area contributed by atoms with Crippen LogP contribution < -0.4 is 16.4 Å². The summed E-state index contributed by atoms with van der Waals surface area (Å²) in [6.45, 7) is 4.30. The van der Waals surface area contributed by atoms with Crippen LogP contribution in [0.1, 0.15) is 37.6 Å². The van der Waals surface area contributed by atoms with E-state index in [4.69, 9.17) is 5.73 Å². The second-order valence-corrected chi connectivity index (χ2v) is 7.85. The van der Waals surface area contributed by atoms with Crippen LogP contribution in [0.2, 0.25) is 0 Å². The monoisotopic (exact) mass is 422 g/mol. The lowest BCUT2D eigenvalue weighted by Gasteiger charge is -2.15. The third-order valence-corrected chi connectivity index (χ3v) is 5.50. The van der Waals surface area contributed by atoms with Crippen molar-refractivity contribution in [2.24, 2.45) is 0 Å². The fraction of sp³-hybridized carbons (Fsp3) is 0.273. The number of benzene rings is 2. The average Bonchev–Trinajstić information content (AvgIpc) is 2.74. The first-order chi connectivity index (χ1) is 14.5. The van der Waals surface area contributed by atoms with Gasteiger partial charge in [0, 0.05) is 11.4 Å². The van der Waals surface area contributed by atoms with Crippen LogP contribution in [-0.4, -0.2) is 26.6 Å². The molecular formula is C22H26N6OS. The third kappa shape index (κ3) is 6.18. The summed E-state index contributed by atoms with van der Waals surface area (Å²) in [5.41, 5.74) is 8.70. The Morgan fingerprint density at radius 3 is 2.57 bits per heavy atom. The van der Waals surface area contributed by atoms with Crippen molar-refractivity contribution in [1.82, 2.24) is 15.0 Å². The minimum Gasteiger partial charge on any atom is -0.368 e. The molecule has 0 unspecified atom stereocenters. The summed E-state index contributed by atoms with van der Waals surface area (Å²) >= 11 is 1.43. The second-order valence-electron chi connectivity index (χ2n) is 6.86. The molecule has 0 aliphatic carbocycles. The quantitative estimate of drug-likeness (QED) is 0.463. The van der Waals surface area contributed by atoms with Crippen molar-refractivity contribution in [1.29, 1.82) is 0 Å². The summed E-state index contributed by atoms with van der Waals surface area (Å²) in [6, 6.07) is 17.5. The zero-order valence-corrected chi connectivity index (χ0v) is 17.9. The Balaban J connectivity index is 1.56. The van der Waals surface area contributed by atoms with Crippen LogP contribution in [-0.2, 0) is 10.5 Å². The fourth-order valence-corrected chi connectivity index (χ4v) is 3.56. The van der Waals surface area contributed by atoms with E-state index >= 15 is 0 Å². The summed E-state index contributed by atoms with van der Waals surface area (Å²) in [4.78, 5) is 25.1. The van der Waals surface area contributed by atoms with Gasteiger partial charge in [-0.1, -0.05) is 50.2 Å². The van der Waals surface area contributed by atoms with E-state index in [1.54, 1.807) is 0 Å². The van der Waals surface area contributed by atoms with Crippen molar-refractivity contribution >= 4 is 40.9 Å². The van der Waals surface area contributed by atoms with Gasteiger partial charge in [0.2, 0.25) is 17.8 Å². The molecule has 0 radical (unpaired) electrons. The zero-order chi connectivity index (χ0) is 21.3. The van der Waals surface area contributed by atoms with Crippen LogP contribution in [0.5, 0.6) is 0 Å². The molecule has 0 spiro atoms. The van der Waals surface area contributed by atoms with E-state index in [0.29, 0.717) is 29.2 Å². The largest absolute Gasteiger partial charge is 0.368 e. The molecule has 8 heteroatoms. The van der Waals surface area contributed by atoms with Gasteiger partial charge >= 0.3 is 0 Å². The Labute approximate surface area is 180 Å². The molecule has 0 saturated heterocycles. The highest BCUT2D eigenvalue weighted by molar-refractivity contribution is 7.99. The van der Waals surface area contributed by atoms with Gasteiger partial charge in [0.05, 0.1) is 11.5 Å². The number of anilines is 4. The summed E-state index contributed by atoms with van der Waals surface area (Å²) in [7, 11) is 0. The van der Waals surface area contributed by atoms with Crippen LogP contribution >= 0.6 is 11.8 Å². The molecule has 1 amide bonds. The van der Waals surface area contributed by atoms with Crippen LogP contribution in [0.25, 0.3) is 0 Å². The lowest BCUT2D eigenvalue weighted by atomic mass is 9.97. The maximum Gasteiger partial charge on any atom is 0.234 e. The molecule has 1 aromatic heterocycles. The number of rotatable bonds is 9. The van der Waals surface area contributed by atoms with E-state index in [-0.39, 0.29) is 11.9 Å². The number of aromatic nitrogens is 3. The number of nitrogen functional groups attached to an aromatic ring is 1. The Morgan fingerprint density at radius 1 is 1.07 bits per heavy atom. The summed E-state index contributed by atoms with van der Waals surface area (Å²) < 4.78 is 0. The lowest BCUT2D eigenvalue weighted by Crippen LogP contribution is -2.16. The first kappa shape index (κ1) is 21.6. The van der Waals surface area contributed by atoms with Crippen molar-refractivity contribution in [3.8, 4) is 0 Å². The molecule has 156 valence electrons. The number of carbonyl (C=O) groups is 1. The molecule has 3 aromatic rings. The van der Waals surface area contributed by atoms with Crippen LogP contribution in [0.3, 0.4) is 0 Å². The normalized spacial score (nSPS) is 11.7. The molecule has 0 bridgehead atoms. The maximum atomic E-state index is 12.4. The number of hydrogen-bond donors (Lipinski definition) is 3. The smallest absolute Gasteiger partial charge is 0.234 e. The standard InChI is InChI=1S/C22H26N6OS/c1-3-15(2)17-11-7-8-12-18(17)25-20(29)14-30-13-19-26-21(23)28-22(27-19)24-16-9-5-4-6-10-16/h4-12,15H,3,13-14H2,1-2H3,(H,25,29)(H3,23,24,26,27,28)/t15-/m0/s1. The number of nitrogens with zero attached hydrogens (tertiary/aromatic N) is 3. The van der Waals surface area contributed by atoms with Gasteiger partial charge in [0.1, 0.15) is 5.82 Å². The molecule has 0 saturated carbocycles. The van der Waals surface area contributed by atoms with E-state index < -0.39 is 0 Å². The topological polar surface area (TPSA) is 106 Å². The van der Waals surface area contributed by atoms with Gasteiger partial charge in [-0.2, -0.15) is 15.0 Å². The predicted molar refractivity (Wildman–Crippen MR) is 124 cm³/mol. The molecule has 0 aliphatic rings.